The predicted octanol–water partition coefficient (Wildman–Crippen LogP) is 4.55. The Morgan fingerprint density at radius 1 is 0.833 bits per heavy atom. The number of rotatable bonds is 4. The summed E-state index contributed by atoms with van der Waals surface area (Å²) < 4.78 is 10.4. The van der Waals surface area contributed by atoms with Crippen LogP contribution in [0.1, 0.15) is 11.3 Å². The number of nitrogens with one attached hydrogen (secondary N) is 1. The van der Waals surface area contributed by atoms with E-state index in [-0.39, 0.29) is 0 Å². The van der Waals surface area contributed by atoms with E-state index in [9.17, 15) is 5.26 Å². The van der Waals surface area contributed by atoms with E-state index in [1.165, 1.54) is 0 Å². The molecule has 0 saturated heterocycles. The summed E-state index contributed by atoms with van der Waals surface area (Å²) >= 11 is 0. The zero-order valence-corrected chi connectivity index (χ0v) is 13.9. The highest BCUT2D eigenvalue weighted by Gasteiger charge is 2.18. The minimum Gasteiger partial charge on any atom is -0.497 e. The number of ether oxygens (including phenoxy) is 2. The van der Waals surface area contributed by atoms with Crippen molar-refractivity contribution in [3.8, 4) is 40.0 Å². The monoisotopic (exact) mass is 318 g/mol. The average Bonchev–Trinajstić information content (AvgIpc) is 2.98. The third-order valence-electron chi connectivity index (χ3n) is 4.06. The van der Waals surface area contributed by atoms with Crippen LogP contribution in [-0.4, -0.2) is 19.2 Å². The highest BCUT2D eigenvalue weighted by Crippen LogP contribution is 2.37. The maximum Gasteiger partial charge on any atom is 0.118 e. The first-order valence-electron chi connectivity index (χ1n) is 7.59. The van der Waals surface area contributed by atoms with Crippen LogP contribution in [0.3, 0.4) is 0 Å². The predicted molar refractivity (Wildman–Crippen MR) is 94.2 cm³/mol. The van der Waals surface area contributed by atoms with Crippen LogP contribution in [0.4, 0.5) is 0 Å². The summed E-state index contributed by atoms with van der Waals surface area (Å²) in [5.41, 5.74) is 5.33. The fourth-order valence-corrected chi connectivity index (χ4v) is 2.79. The van der Waals surface area contributed by atoms with Crippen LogP contribution in [0.5, 0.6) is 11.5 Å². The summed E-state index contributed by atoms with van der Waals surface area (Å²) in [4.78, 5) is 3.35. The first-order chi connectivity index (χ1) is 11.7. The molecule has 3 rings (SSSR count). The van der Waals surface area contributed by atoms with Gasteiger partial charge in [0.1, 0.15) is 17.6 Å². The average molecular weight is 318 g/mol. The Kier molecular flexibility index (Phi) is 4.26. The molecule has 3 aromatic rings. The molecule has 0 spiro atoms. The molecule has 0 unspecified atom stereocenters. The van der Waals surface area contributed by atoms with Crippen LogP contribution < -0.4 is 9.47 Å². The molecule has 0 radical (unpaired) electrons. The van der Waals surface area contributed by atoms with Crippen molar-refractivity contribution >= 4 is 0 Å². The van der Waals surface area contributed by atoms with Gasteiger partial charge in [-0.3, -0.25) is 0 Å². The van der Waals surface area contributed by atoms with Gasteiger partial charge in [-0.2, -0.15) is 5.26 Å². The Balaban J connectivity index is 2.17. The van der Waals surface area contributed by atoms with Gasteiger partial charge in [-0.15, -0.1) is 0 Å². The molecule has 4 heteroatoms. The zero-order chi connectivity index (χ0) is 17.1. The van der Waals surface area contributed by atoms with E-state index in [0.717, 1.165) is 39.6 Å². The molecule has 2 aromatic carbocycles. The number of aromatic amines is 1. The van der Waals surface area contributed by atoms with E-state index in [2.05, 4.69) is 11.1 Å². The van der Waals surface area contributed by atoms with Crippen molar-refractivity contribution in [1.82, 2.24) is 4.98 Å². The molecule has 0 aliphatic rings. The Bertz CT molecular complexity index is 885. The number of aryl methyl sites for hydroxylation is 1. The summed E-state index contributed by atoms with van der Waals surface area (Å²) in [5.74, 6) is 1.59. The minimum atomic E-state index is 0.658. The smallest absolute Gasteiger partial charge is 0.118 e. The number of hydrogen-bond donors (Lipinski definition) is 1. The summed E-state index contributed by atoms with van der Waals surface area (Å²) in [6, 6.07) is 17.8. The first kappa shape index (κ1) is 15.7. The van der Waals surface area contributed by atoms with Crippen molar-refractivity contribution in [3.63, 3.8) is 0 Å². The number of nitriles is 1. The number of aromatic nitrogens is 1. The van der Waals surface area contributed by atoms with Crippen LogP contribution in [0, 0.1) is 18.3 Å². The quantitative estimate of drug-likeness (QED) is 0.768. The standard InChI is InChI=1S/C20H18N2O2/c1-13-18(12-21)19(14-4-8-16(23-2)9-5-14)20(22-13)15-6-10-17(24-3)11-7-15/h4-11,22H,1-3H3. The molecule has 0 fully saturated rings. The molecule has 24 heavy (non-hydrogen) atoms. The molecule has 0 aliphatic heterocycles. The molecule has 1 aromatic heterocycles. The lowest BCUT2D eigenvalue weighted by atomic mass is 9.97. The number of benzene rings is 2. The number of methoxy groups -OCH3 is 2. The van der Waals surface area contributed by atoms with Gasteiger partial charge in [0.25, 0.3) is 0 Å². The van der Waals surface area contributed by atoms with E-state index >= 15 is 0 Å². The van der Waals surface area contributed by atoms with E-state index in [4.69, 9.17) is 9.47 Å². The summed E-state index contributed by atoms with van der Waals surface area (Å²) in [6.45, 7) is 1.92. The van der Waals surface area contributed by atoms with Gasteiger partial charge in [-0.25, -0.2) is 0 Å². The molecule has 0 amide bonds. The Morgan fingerprint density at radius 3 is 1.79 bits per heavy atom. The fraction of sp³-hybridized carbons (Fsp3) is 0.150. The highest BCUT2D eigenvalue weighted by atomic mass is 16.5. The van der Waals surface area contributed by atoms with Crippen LogP contribution >= 0.6 is 0 Å². The topological polar surface area (TPSA) is 58.0 Å². The molecular weight excluding hydrogens is 300 g/mol. The molecule has 0 bridgehead atoms. The van der Waals surface area contributed by atoms with Crippen LogP contribution in [0.25, 0.3) is 22.4 Å². The third-order valence-corrected chi connectivity index (χ3v) is 4.06. The number of nitrogens with zero attached hydrogens (tertiary/aromatic N) is 1. The molecule has 0 saturated carbocycles. The van der Waals surface area contributed by atoms with Gasteiger partial charge < -0.3 is 14.5 Å². The van der Waals surface area contributed by atoms with Gasteiger partial charge in [0.05, 0.1) is 25.5 Å². The zero-order valence-electron chi connectivity index (χ0n) is 13.9. The van der Waals surface area contributed by atoms with Crippen molar-refractivity contribution in [2.24, 2.45) is 0 Å². The van der Waals surface area contributed by atoms with Crippen LogP contribution in [0.2, 0.25) is 0 Å². The van der Waals surface area contributed by atoms with Crippen molar-refractivity contribution in [2.75, 3.05) is 14.2 Å². The second-order valence-corrected chi connectivity index (χ2v) is 5.44. The molecule has 1 N–H and O–H groups in total. The summed E-state index contributed by atoms with van der Waals surface area (Å²) in [5, 5.41) is 9.59. The van der Waals surface area contributed by atoms with E-state index < -0.39 is 0 Å². The summed E-state index contributed by atoms with van der Waals surface area (Å²) in [7, 11) is 3.28. The maximum absolute atomic E-state index is 9.59. The lowest BCUT2D eigenvalue weighted by molar-refractivity contribution is 0.414. The van der Waals surface area contributed by atoms with E-state index in [0.29, 0.717) is 5.56 Å². The minimum absolute atomic E-state index is 0.658. The van der Waals surface area contributed by atoms with Crippen molar-refractivity contribution < 1.29 is 9.47 Å². The SMILES string of the molecule is COc1ccc(-c2[nH]c(C)c(C#N)c2-c2ccc(OC)cc2)cc1. The molecule has 120 valence electrons. The first-order valence-corrected chi connectivity index (χ1v) is 7.59. The Labute approximate surface area is 141 Å². The van der Waals surface area contributed by atoms with Gasteiger partial charge in [-0.05, 0) is 54.4 Å². The van der Waals surface area contributed by atoms with E-state index in [1.54, 1.807) is 14.2 Å². The van der Waals surface area contributed by atoms with Crippen LogP contribution in [0.15, 0.2) is 48.5 Å². The van der Waals surface area contributed by atoms with Crippen molar-refractivity contribution in [2.45, 2.75) is 6.92 Å². The van der Waals surface area contributed by atoms with E-state index in [1.807, 2.05) is 55.5 Å². The number of H-pyrrole nitrogens is 1. The molecular formula is C20H18N2O2. The van der Waals surface area contributed by atoms with Gasteiger partial charge in [-0.1, -0.05) is 12.1 Å². The van der Waals surface area contributed by atoms with Crippen molar-refractivity contribution in [1.29, 1.82) is 5.26 Å². The highest BCUT2D eigenvalue weighted by molar-refractivity contribution is 5.87. The normalized spacial score (nSPS) is 10.2. The molecule has 1 heterocycles. The van der Waals surface area contributed by atoms with Gasteiger partial charge in [0.15, 0.2) is 0 Å². The molecule has 0 aliphatic carbocycles. The second kappa shape index (κ2) is 6.51. The largest absolute Gasteiger partial charge is 0.497 e. The Hall–Kier alpha value is -3.19. The number of hydrogen-bond acceptors (Lipinski definition) is 3. The molecule has 0 atom stereocenters. The van der Waals surface area contributed by atoms with Gasteiger partial charge in [0.2, 0.25) is 0 Å². The third kappa shape index (κ3) is 2.72. The van der Waals surface area contributed by atoms with Gasteiger partial charge >= 0.3 is 0 Å². The summed E-state index contributed by atoms with van der Waals surface area (Å²) in [6.07, 6.45) is 0. The second-order valence-electron chi connectivity index (χ2n) is 5.44. The maximum atomic E-state index is 9.59. The lowest BCUT2D eigenvalue weighted by Gasteiger charge is -2.08. The lowest BCUT2D eigenvalue weighted by Crippen LogP contribution is -1.87. The Morgan fingerprint density at radius 2 is 1.33 bits per heavy atom. The molecule has 4 nitrogen and oxygen atoms in total. The van der Waals surface area contributed by atoms with Crippen LogP contribution in [-0.2, 0) is 0 Å². The van der Waals surface area contributed by atoms with Crippen molar-refractivity contribution in [3.05, 3.63) is 59.8 Å². The van der Waals surface area contributed by atoms with Gasteiger partial charge in [0, 0.05) is 11.3 Å². The fourth-order valence-electron chi connectivity index (χ4n) is 2.79.